The highest BCUT2D eigenvalue weighted by Gasteiger charge is 2.27. The van der Waals surface area contributed by atoms with Crippen molar-refractivity contribution in [3.05, 3.63) is 35.9 Å². The van der Waals surface area contributed by atoms with E-state index >= 15 is 0 Å². The number of nitrogens with two attached hydrogens (primary N) is 1. The van der Waals surface area contributed by atoms with Crippen LogP contribution in [0.1, 0.15) is 12.5 Å². The molecule has 0 radical (unpaired) electrons. The number of carboxylic acids is 1. The molecular formula is C10H15NO3. The zero-order valence-corrected chi connectivity index (χ0v) is 8.03. The maximum Gasteiger partial charge on any atom is 0.323 e. The van der Waals surface area contributed by atoms with Gasteiger partial charge in [-0.25, -0.2) is 0 Å². The topological polar surface area (TPSA) is 94.8 Å². The van der Waals surface area contributed by atoms with Gasteiger partial charge in [-0.2, -0.15) is 0 Å². The molecule has 0 saturated heterocycles. The molecule has 0 amide bonds. The van der Waals surface area contributed by atoms with Crippen LogP contribution in [0, 0.1) is 0 Å². The highest BCUT2D eigenvalue weighted by atomic mass is 16.4. The quantitative estimate of drug-likeness (QED) is 0.724. The van der Waals surface area contributed by atoms with Crippen molar-refractivity contribution < 1.29 is 15.4 Å². The number of carbonyl (C=O) groups is 1. The highest BCUT2D eigenvalue weighted by Crippen LogP contribution is 2.10. The van der Waals surface area contributed by atoms with Crippen LogP contribution in [0.4, 0.5) is 0 Å². The highest BCUT2D eigenvalue weighted by molar-refractivity contribution is 5.78. The van der Waals surface area contributed by atoms with Crippen LogP contribution in [-0.4, -0.2) is 22.1 Å². The largest absolute Gasteiger partial charge is 0.480 e. The van der Waals surface area contributed by atoms with Gasteiger partial charge in [0, 0.05) is 6.42 Å². The lowest BCUT2D eigenvalue weighted by Gasteiger charge is -2.18. The summed E-state index contributed by atoms with van der Waals surface area (Å²) in [4.78, 5) is 10.7. The van der Waals surface area contributed by atoms with Crippen molar-refractivity contribution >= 4 is 5.97 Å². The van der Waals surface area contributed by atoms with Crippen LogP contribution in [0.5, 0.6) is 0 Å². The number of benzene rings is 1. The van der Waals surface area contributed by atoms with E-state index in [2.05, 4.69) is 0 Å². The molecular weight excluding hydrogens is 182 g/mol. The van der Waals surface area contributed by atoms with E-state index in [-0.39, 0.29) is 5.48 Å². The molecule has 1 rings (SSSR count). The minimum absolute atomic E-state index is 0. The Balaban J connectivity index is 0.00000169. The third-order valence-corrected chi connectivity index (χ3v) is 1.90. The van der Waals surface area contributed by atoms with Gasteiger partial charge in [-0.1, -0.05) is 30.3 Å². The summed E-state index contributed by atoms with van der Waals surface area (Å²) in [7, 11) is 0. The first-order valence-corrected chi connectivity index (χ1v) is 4.08. The molecule has 0 aromatic heterocycles. The second kappa shape index (κ2) is 4.74. The summed E-state index contributed by atoms with van der Waals surface area (Å²) in [5.41, 5.74) is 5.35. The van der Waals surface area contributed by atoms with Crippen molar-refractivity contribution in [2.75, 3.05) is 0 Å². The molecule has 0 saturated carbocycles. The van der Waals surface area contributed by atoms with Crippen molar-refractivity contribution in [1.82, 2.24) is 0 Å². The van der Waals surface area contributed by atoms with E-state index in [1.807, 2.05) is 30.3 Å². The maximum absolute atomic E-state index is 10.7. The van der Waals surface area contributed by atoms with Gasteiger partial charge in [0.2, 0.25) is 0 Å². The van der Waals surface area contributed by atoms with Gasteiger partial charge in [0.15, 0.2) is 0 Å². The Labute approximate surface area is 82.7 Å². The molecule has 0 bridgehead atoms. The normalized spacial score (nSPS) is 13.9. The lowest BCUT2D eigenvalue weighted by atomic mass is 9.94. The Morgan fingerprint density at radius 2 is 1.93 bits per heavy atom. The first-order chi connectivity index (χ1) is 6.02. The van der Waals surface area contributed by atoms with Gasteiger partial charge in [-0.15, -0.1) is 0 Å². The van der Waals surface area contributed by atoms with Crippen LogP contribution >= 0.6 is 0 Å². The van der Waals surface area contributed by atoms with E-state index in [9.17, 15) is 4.79 Å². The molecule has 0 heterocycles. The summed E-state index contributed by atoms with van der Waals surface area (Å²) in [6.45, 7) is 1.52. The summed E-state index contributed by atoms with van der Waals surface area (Å²) < 4.78 is 0. The minimum atomic E-state index is -1.18. The average Bonchev–Trinajstić information content (AvgIpc) is 2.05. The molecule has 4 nitrogen and oxygen atoms in total. The van der Waals surface area contributed by atoms with Crippen molar-refractivity contribution in [3.8, 4) is 0 Å². The summed E-state index contributed by atoms with van der Waals surface area (Å²) in [5.74, 6) is -0.976. The summed E-state index contributed by atoms with van der Waals surface area (Å²) in [5, 5.41) is 8.78. The Hall–Kier alpha value is -1.39. The minimum Gasteiger partial charge on any atom is -0.480 e. The standard InChI is InChI=1S/C10H13NO2.H2O/c1-10(11,9(12)13)7-8-5-3-2-4-6-8;/h2-6H,7,11H2,1H3,(H,12,13);1H2/t10-;/m1./s1. The first kappa shape index (κ1) is 12.6. The van der Waals surface area contributed by atoms with Gasteiger partial charge in [-0.3, -0.25) is 4.79 Å². The van der Waals surface area contributed by atoms with Gasteiger partial charge in [0.1, 0.15) is 5.54 Å². The summed E-state index contributed by atoms with van der Waals surface area (Å²) in [6.07, 6.45) is 0.350. The number of carboxylic acid groups (broad SMARTS) is 1. The SMILES string of the molecule is C[C@@](N)(Cc1ccccc1)C(=O)O.O. The van der Waals surface area contributed by atoms with Crippen LogP contribution in [-0.2, 0) is 11.2 Å². The van der Waals surface area contributed by atoms with E-state index in [0.717, 1.165) is 5.56 Å². The molecule has 0 spiro atoms. The van der Waals surface area contributed by atoms with Gasteiger partial charge < -0.3 is 16.3 Å². The Morgan fingerprint density at radius 1 is 1.43 bits per heavy atom. The molecule has 0 aliphatic heterocycles. The fraction of sp³-hybridized carbons (Fsp3) is 0.300. The number of hydrogen-bond acceptors (Lipinski definition) is 2. The Morgan fingerprint density at radius 3 is 2.36 bits per heavy atom. The first-order valence-electron chi connectivity index (χ1n) is 4.08. The predicted molar refractivity (Wildman–Crippen MR) is 54.0 cm³/mol. The molecule has 1 aromatic carbocycles. The molecule has 5 N–H and O–H groups in total. The third kappa shape index (κ3) is 3.16. The van der Waals surface area contributed by atoms with E-state index < -0.39 is 11.5 Å². The van der Waals surface area contributed by atoms with Gasteiger partial charge in [0.25, 0.3) is 0 Å². The fourth-order valence-corrected chi connectivity index (χ4v) is 1.10. The number of rotatable bonds is 3. The van der Waals surface area contributed by atoms with Crippen LogP contribution in [0.25, 0.3) is 0 Å². The number of aliphatic carboxylic acids is 1. The summed E-state index contributed by atoms with van der Waals surface area (Å²) >= 11 is 0. The van der Waals surface area contributed by atoms with E-state index in [4.69, 9.17) is 10.8 Å². The molecule has 1 aromatic rings. The smallest absolute Gasteiger partial charge is 0.323 e. The molecule has 0 fully saturated rings. The maximum atomic E-state index is 10.7. The molecule has 0 unspecified atom stereocenters. The lowest BCUT2D eigenvalue weighted by Crippen LogP contribution is -2.46. The van der Waals surface area contributed by atoms with Crippen LogP contribution < -0.4 is 5.73 Å². The van der Waals surface area contributed by atoms with Crippen molar-refractivity contribution in [1.29, 1.82) is 0 Å². The average molecular weight is 197 g/mol. The molecule has 4 heteroatoms. The fourth-order valence-electron chi connectivity index (χ4n) is 1.10. The Kier molecular flexibility index (Phi) is 4.27. The zero-order chi connectivity index (χ0) is 9.90. The van der Waals surface area contributed by atoms with Gasteiger partial charge in [-0.05, 0) is 12.5 Å². The van der Waals surface area contributed by atoms with E-state index in [1.165, 1.54) is 6.92 Å². The van der Waals surface area contributed by atoms with Crippen LogP contribution in [0.3, 0.4) is 0 Å². The predicted octanol–water partition coefficient (Wildman–Crippen LogP) is 0.206. The molecule has 0 aliphatic carbocycles. The van der Waals surface area contributed by atoms with Crippen molar-refractivity contribution in [2.24, 2.45) is 5.73 Å². The zero-order valence-electron chi connectivity index (χ0n) is 8.03. The van der Waals surface area contributed by atoms with Crippen LogP contribution in [0.2, 0.25) is 0 Å². The van der Waals surface area contributed by atoms with Crippen molar-refractivity contribution in [2.45, 2.75) is 18.9 Å². The van der Waals surface area contributed by atoms with E-state index in [0.29, 0.717) is 6.42 Å². The van der Waals surface area contributed by atoms with Crippen LogP contribution in [0.15, 0.2) is 30.3 Å². The lowest BCUT2D eigenvalue weighted by molar-refractivity contribution is -0.142. The second-order valence-electron chi connectivity index (χ2n) is 3.38. The molecule has 78 valence electrons. The third-order valence-electron chi connectivity index (χ3n) is 1.90. The van der Waals surface area contributed by atoms with E-state index in [1.54, 1.807) is 0 Å². The Bertz CT molecular complexity index is 295. The second-order valence-corrected chi connectivity index (χ2v) is 3.38. The van der Waals surface area contributed by atoms with Gasteiger partial charge in [0.05, 0.1) is 0 Å². The van der Waals surface area contributed by atoms with Crippen molar-refractivity contribution in [3.63, 3.8) is 0 Å². The molecule has 1 atom stereocenters. The molecule has 0 aliphatic rings. The monoisotopic (exact) mass is 197 g/mol. The number of hydrogen-bond donors (Lipinski definition) is 2. The van der Waals surface area contributed by atoms with Gasteiger partial charge >= 0.3 is 5.97 Å². The molecule has 14 heavy (non-hydrogen) atoms. The summed E-state index contributed by atoms with van der Waals surface area (Å²) in [6, 6.07) is 9.36.